The van der Waals surface area contributed by atoms with Crippen molar-refractivity contribution in [1.82, 2.24) is 0 Å². The number of para-hydroxylation sites is 1. The van der Waals surface area contributed by atoms with Gasteiger partial charge in [0.25, 0.3) is 0 Å². The van der Waals surface area contributed by atoms with Gasteiger partial charge in [0.1, 0.15) is 17.2 Å². The number of nitrogens with zero attached hydrogens (tertiary/aromatic N) is 2. The fourth-order valence-corrected chi connectivity index (χ4v) is 1.50. The minimum Gasteiger partial charge on any atom is -0.497 e. The highest BCUT2D eigenvalue weighted by molar-refractivity contribution is 5.51. The lowest BCUT2D eigenvalue weighted by atomic mass is 10.3. The van der Waals surface area contributed by atoms with Crippen LogP contribution in [0.5, 0.6) is 11.5 Å². The lowest BCUT2D eigenvalue weighted by Crippen LogP contribution is -1.81. The minimum absolute atomic E-state index is 0.697. The molecule has 2 aromatic rings. The second-order valence-corrected chi connectivity index (χ2v) is 3.57. The van der Waals surface area contributed by atoms with Crippen molar-refractivity contribution in [2.24, 2.45) is 10.2 Å². The zero-order valence-electron chi connectivity index (χ0n) is 10.3. The van der Waals surface area contributed by atoms with E-state index in [1.807, 2.05) is 48.5 Å². The van der Waals surface area contributed by atoms with Crippen LogP contribution in [0.25, 0.3) is 0 Å². The quantitative estimate of drug-likeness (QED) is 0.757. The minimum atomic E-state index is 0.697. The van der Waals surface area contributed by atoms with Gasteiger partial charge in [-0.1, -0.05) is 18.2 Å². The van der Waals surface area contributed by atoms with Crippen LogP contribution in [0.2, 0.25) is 0 Å². The van der Waals surface area contributed by atoms with Crippen molar-refractivity contribution < 1.29 is 9.47 Å². The summed E-state index contributed by atoms with van der Waals surface area (Å²) < 4.78 is 10.3. The molecule has 4 nitrogen and oxygen atoms in total. The molecule has 4 heteroatoms. The zero-order chi connectivity index (χ0) is 12.8. The third kappa shape index (κ3) is 2.85. The van der Waals surface area contributed by atoms with Gasteiger partial charge in [0.05, 0.1) is 19.9 Å². The Morgan fingerprint density at radius 3 is 2.44 bits per heavy atom. The number of methoxy groups -OCH3 is 2. The Hall–Kier alpha value is -2.36. The van der Waals surface area contributed by atoms with Crippen molar-refractivity contribution in [2.45, 2.75) is 0 Å². The van der Waals surface area contributed by atoms with Gasteiger partial charge in [0, 0.05) is 6.07 Å². The number of rotatable bonds is 4. The van der Waals surface area contributed by atoms with Gasteiger partial charge < -0.3 is 9.47 Å². The van der Waals surface area contributed by atoms with E-state index in [9.17, 15) is 0 Å². The van der Waals surface area contributed by atoms with Crippen LogP contribution in [0.3, 0.4) is 0 Å². The normalized spacial score (nSPS) is 10.6. The molecule has 0 bridgehead atoms. The monoisotopic (exact) mass is 242 g/mol. The van der Waals surface area contributed by atoms with Gasteiger partial charge in [-0.25, -0.2) is 0 Å². The number of hydrogen-bond donors (Lipinski definition) is 0. The predicted octanol–water partition coefficient (Wildman–Crippen LogP) is 4.12. The maximum atomic E-state index is 5.20. The summed E-state index contributed by atoms with van der Waals surface area (Å²) in [5.74, 6) is 1.45. The van der Waals surface area contributed by atoms with E-state index in [1.165, 1.54) is 0 Å². The smallest absolute Gasteiger partial charge is 0.146 e. The standard InChI is InChI=1S/C14H14N2O2/c1-17-12-7-5-6-11(10-12)15-16-13-8-3-4-9-14(13)18-2/h3-10H,1-2H3. The van der Waals surface area contributed by atoms with Crippen LogP contribution in [-0.4, -0.2) is 14.2 Å². The fourth-order valence-electron chi connectivity index (χ4n) is 1.50. The summed E-state index contributed by atoms with van der Waals surface area (Å²) in [4.78, 5) is 0. The fraction of sp³-hybridized carbons (Fsp3) is 0.143. The molecule has 18 heavy (non-hydrogen) atoms. The molecule has 2 rings (SSSR count). The van der Waals surface area contributed by atoms with E-state index in [-0.39, 0.29) is 0 Å². The molecule has 0 N–H and O–H groups in total. The Kier molecular flexibility index (Phi) is 3.91. The Labute approximate surface area is 106 Å². The van der Waals surface area contributed by atoms with E-state index in [0.29, 0.717) is 11.4 Å². The molecule has 0 spiro atoms. The van der Waals surface area contributed by atoms with Gasteiger partial charge in [0.2, 0.25) is 0 Å². The molecule has 0 aliphatic rings. The summed E-state index contributed by atoms with van der Waals surface area (Å²) >= 11 is 0. The van der Waals surface area contributed by atoms with Crippen LogP contribution in [-0.2, 0) is 0 Å². The molecule has 0 saturated carbocycles. The van der Waals surface area contributed by atoms with Crippen molar-refractivity contribution >= 4 is 11.4 Å². The van der Waals surface area contributed by atoms with Gasteiger partial charge in [0.15, 0.2) is 0 Å². The van der Waals surface area contributed by atoms with Crippen molar-refractivity contribution in [2.75, 3.05) is 14.2 Å². The SMILES string of the molecule is COc1cccc(N=Nc2ccccc2OC)c1. The molecule has 0 radical (unpaired) electrons. The lowest BCUT2D eigenvalue weighted by molar-refractivity contribution is 0.415. The largest absolute Gasteiger partial charge is 0.497 e. The highest BCUT2D eigenvalue weighted by atomic mass is 16.5. The molecule has 0 fully saturated rings. The van der Waals surface area contributed by atoms with Crippen LogP contribution in [0.15, 0.2) is 58.8 Å². The summed E-state index contributed by atoms with van der Waals surface area (Å²) in [6.45, 7) is 0. The molecule has 92 valence electrons. The summed E-state index contributed by atoms with van der Waals surface area (Å²) in [6.07, 6.45) is 0. The van der Waals surface area contributed by atoms with E-state index in [1.54, 1.807) is 14.2 Å². The molecule has 2 aromatic carbocycles. The van der Waals surface area contributed by atoms with Gasteiger partial charge in [-0.15, -0.1) is 5.11 Å². The van der Waals surface area contributed by atoms with Crippen LogP contribution in [0, 0.1) is 0 Å². The van der Waals surface area contributed by atoms with E-state index in [4.69, 9.17) is 9.47 Å². The molecule has 0 aromatic heterocycles. The Bertz CT molecular complexity index is 553. The first kappa shape index (κ1) is 12.1. The van der Waals surface area contributed by atoms with Crippen LogP contribution in [0.4, 0.5) is 11.4 Å². The summed E-state index contributed by atoms with van der Waals surface area (Å²) in [6, 6.07) is 14.9. The number of ether oxygens (including phenoxy) is 2. The van der Waals surface area contributed by atoms with Crippen molar-refractivity contribution in [3.8, 4) is 11.5 Å². The van der Waals surface area contributed by atoms with Crippen LogP contribution < -0.4 is 9.47 Å². The third-order valence-electron chi connectivity index (χ3n) is 2.41. The highest BCUT2D eigenvalue weighted by Gasteiger charge is 1.99. The first-order valence-corrected chi connectivity index (χ1v) is 5.52. The van der Waals surface area contributed by atoms with E-state index < -0.39 is 0 Å². The molecule has 0 aliphatic carbocycles. The first-order valence-electron chi connectivity index (χ1n) is 5.52. The van der Waals surface area contributed by atoms with Gasteiger partial charge in [-0.3, -0.25) is 0 Å². The van der Waals surface area contributed by atoms with Crippen molar-refractivity contribution in [3.05, 3.63) is 48.5 Å². The second kappa shape index (κ2) is 5.82. The Balaban J connectivity index is 2.24. The average Bonchev–Trinajstić information content (AvgIpc) is 2.45. The predicted molar refractivity (Wildman–Crippen MR) is 70.2 cm³/mol. The first-order chi connectivity index (χ1) is 8.83. The Morgan fingerprint density at radius 2 is 1.67 bits per heavy atom. The molecule has 0 heterocycles. The highest BCUT2D eigenvalue weighted by Crippen LogP contribution is 2.29. The maximum Gasteiger partial charge on any atom is 0.146 e. The Morgan fingerprint density at radius 1 is 0.833 bits per heavy atom. The van der Waals surface area contributed by atoms with Crippen LogP contribution >= 0.6 is 0 Å². The van der Waals surface area contributed by atoms with Crippen molar-refractivity contribution in [1.29, 1.82) is 0 Å². The molecule has 0 unspecified atom stereocenters. The molecule has 0 aliphatic heterocycles. The lowest BCUT2D eigenvalue weighted by Gasteiger charge is -2.02. The third-order valence-corrected chi connectivity index (χ3v) is 2.41. The number of azo groups is 1. The summed E-state index contributed by atoms with van der Waals surface area (Å²) in [5, 5.41) is 8.33. The second-order valence-electron chi connectivity index (χ2n) is 3.57. The molecule has 0 amide bonds. The van der Waals surface area contributed by atoms with E-state index >= 15 is 0 Å². The number of benzene rings is 2. The van der Waals surface area contributed by atoms with E-state index in [2.05, 4.69) is 10.2 Å². The summed E-state index contributed by atoms with van der Waals surface area (Å²) in [7, 11) is 3.23. The van der Waals surface area contributed by atoms with Gasteiger partial charge >= 0.3 is 0 Å². The topological polar surface area (TPSA) is 43.2 Å². The number of hydrogen-bond acceptors (Lipinski definition) is 4. The molecular weight excluding hydrogens is 228 g/mol. The van der Waals surface area contributed by atoms with E-state index in [0.717, 1.165) is 11.4 Å². The van der Waals surface area contributed by atoms with Crippen molar-refractivity contribution in [3.63, 3.8) is 0 Å². The molecular formula is C14H14N2O2. The molecule has 0 atom stereocenters. The summed E-state index contributed by atoms with van der Waals surface area (Å²) in [5.41, 5.74) is 1.43. The molecule has 0 saturated heterocycles. The maximum absolute atomic E-state index is 5.20. The average molecular weight is 242 g/mol. The zero-order valence-corrected chi connectivity index (χ0v) is 10.3. The van der Waals surface area contributed by atoms with Crippen LogP contribution in [0.1, 0.15) is 0 Å². The van der Waals surface area contributed by atoms with Gasteiger partial charge in [-0.05, 0) is 24.3 Å². The van der Waals surface area contributed by atoms with Gasteiger partial charge in [-0.2, -0.15) is 5.11 Å².